The quantitative estimate of drug-likeness (QED) is 0.846. The molecule has 6 heteroatoms. The molecule has 6 nitrogen and oxygen atoms in total. The minimum absolute atomic E-state index is 0.000593. The molecule has 26 heavy (non-hydrogen) atoms. The highest BCUT2D eigenvalue weighted by molar-refractivity contribution is 5.95. The number of benzene rings is 1. The van der Waals surface area contributed by atoms with Gasteiger partial charge in [-0.05, 0) is 49.6 Å². The molecule has 1 saturated heterocycles. The molecule has 2 aliphatic heterocycles. The molecule has 4 rings (SSSR count). The Bertz CT molecular complexity index is 917. The number of aromatic nitrogens is 1. The fourth-order valence-electron chi connectivity index (χ4n) is 4.05. The van der Waals surface area contributed by atoms with E-state index in [1.807, 2.05) is 15.5 Å². The highest BCUT2D eigenvalue weighted by Crippen LogP contribution is 2.35. The van der Waals surface area contributed by atoms with E-state index in [0.717, 1.165) is 12.1 Å². The highest BCUT2D eigenvalue weighted by atomic mass is 16.2. The maximum Gasteiger partial charge on any atom is 0.321 e. The van der Waals surface area contributed by atoms with Gasteiger partial charge in [0.2, 0.25) is 0 Å². The normalized spacial score (nSPS) is 21.0. The van der Waals surface area contributed by atoms with Crippen LogP contribution in [0.2, 0.25) is 0 Å². The average molecular weight is 351 g/mol. The van der Waals surface area contributed by atoms with E-state index in [-0.39, 0.29) is 23.3 Å². The number of carbonyl (C=O) groups is 2. The summed E-state index contributed by atoms with van der Waals surface area (Å²) in [4.78, 5) is 37.9. The van der Waals surface area contributed by atoms with Gasteiger partial charge in [0.05, 0.1) is 0 Å². The summed E-state index contributed by atoms with van der Waals surface area (Å²) >= 11 is 0. The third-order valence-corrected chi connectivity index (χ3v) is 5.31. The lowest BCUT2D eigenvalue weighted by atomic mass is 9.83. The third-order valence-electron chi connectivity index (χ3n) is 5.31. The summed E-state index contributed by atoms with van der Waals surface area (Å²) in [6.07, 6.45) is 1.01. The highest BCUT2D eigenvalue weighted by Gasteiger charge is 2.36. The average Bonchev–Trinajstić information content (AvgIpc) is 2.63. The van der Waals surface area contributed by atoms with Crippen molar-refractivity contribution in [1.82, 2.24) is 9.47 Å². The predicted octanol–water partition coefficient (Wildman–Crippen LogP) is 2.70. The van der Waals surface area contributed by atoms with Gasteiger partial charge >= 0.3 is 6.03 Å². The molecule has 1 aromatic heterocycles. The van der Waals surface area contributed by atoms with Crippen LogP contribution in [0, 0.1) is 5.92 Å². The number of hydrogen-bond acceptors (Lipinski definition) is 3. The molecule has 0 spiro atoms. The predicted molar refractivity (Wildman–Crippen MR) is 98.6 cm³/mol. The Kier molecular flexibility index (Phi) is 4.11. The van der Waals surface area contributed by atoms with Crippen molar-refractivity contribution in [1.29, 1.82) is 0 Å². The second kappa shape index (κ2) is 6.44. The van der Waals surface area contributed by atoms with Crippen LogP contribution in [0.1, 0.15) is 35.3 Å². The second-order valence-corrected chi connectivity index (χ2v) is 7.17. The van der Waals surface area contributed by atoms with Gasteiger partial charge in [0, 0.05) is 48.6 Å². The number of likely N-dealkylation sites (tertiary alicyclic amines) is 1. The standard InChI is InChI=1S/C20H21N3O3/c1-13(24)15-5-7-17(8-6-15)21-20(26)22-10-14-9-16(12-22)18-3-2-4-19(25)23(18)11-14/h2-8,14,16H,9-12H2,1H3,(H,21,26)/t14-,16-/m1/s1. The smallest absolute Gasteiger partial charge is 0.321 e. The molecular weight excluding hydrogens is 330 g/mol. The summed E-state index contributed by atoms with van der Waals surface area (Å²) in [6, 6.07) is 12.2. The molecule has 0 saturated carbocycles. The molecule has 1 fully saturated rings. The van der Waals surface area contributed by atoms with Crippen molar-refractivity contribution in [3.8, 4) is 0 Å². The number of Topliss-reactive ketones (excluding diaryl/α,β-unsaturated/α-hetero) is 1. The summed E-state index contributed by atoms with van der Waals surface area (Å²) < 4.78 is 1.86. The minimum atomic E-state index is -0.137. The fraction of sp³-hybridized carbons (Fsp3) is 0.350. The van der Waals surface area contributed by atoms with Gasteiger partial charge in [0.15, 0.2) is 5.78 Å². The number of urea groups is 1. The maximum atomic E-state index is 12.7. The minimum Gasteiger partial charge on any atom is -0.324 e. The van der Waals surface area contributed by atoms with Gasteiger partial charge in [0.25, 0.3) is 5.56 Å². The molecule has 0 radical (unpaired) electrons. The molecule has 2 aromatic rings. The Morgan fingerprint density at radius 1 is 1.04 bits per heavy atom. The molecule has 2 aliphatic rings. The summed E-state index contributed by atoms with van der Waals surface area (Å²) in [5.41, 5.74) is 2.36. The zero-order valence-corrected chi connectivity index (χ0v) is 14.6. The number of hydrogen-bond donors (Lipinski definition) is 1. The molecule has 3 heterocycles. The number of nitrogens with one attached hydrogen (secondary N) is 1. The number of rotatable bonds is 2. The van der Waals surface area contributed by atoms with E-state index in [0.29, 0.717) is 36.8 Å². The molecular formula is C20H21N3O3. The maximum absolute atomic E-state index is 12.7. The summed E-state index contributed by atoms with van der Waals surface area (Å²) in [5, 5.41) is 2.91. The summed E-state index contributed by atoms with van der Waals surface area (Å²) in [7, 11) is 0. The molecule has 134 valence electrons. The van der Waals surface area contributed by atoms with Crippen molar-refractivity contribution in [2.75, 3.05) is 18.4 Å². The van der Waals surface area contributed by atoms with Crippen LogP contribution in [0.3, 0.4) is 0 Å². The topological polar surface area (TPSA) is 71.4 Å². The molecule has 2 atom stereocenters. The van der Waals surface area contributed by atoms with Crippen molar-refractivity contribution >= 4 is 17.5 Å². The number of anilines is 1. The SMILES string of the molecule is CC(=O)c1ccc(NC(=O)N2C[C@H]3C[C@H](C2)c2cccc(=O)n2C3)cc1. The largest absolute Gasteiger partial charge is 0.324 e. The van der Waals surface area contributed by atoms with E-state index < -0.39 is 0 Å². The van der Waals surface area contributed by atoms with Crippen molar-refractivity contribution < 1.29 is 9.59 Å². The van der Waals surface area contributed by atoms with E-state index in [2.05, 4.69) is 5.32 Å². The lowest BCUT2D eigenvalue weighted by Crippen LogP contribution is -2.50. The zero-order chi connectivity index (χ0) is 18.3. The number of amides is 2. The van der Waals surface area contributed by atoms with Crippen LogP contribution in [0.15, 0.2) is 47.3 Å². The van der Waals surface area contributed by atoms with Crippen LogP contribution in [0.4, 0.5) is 10.5 Å². The van der Waals surface area contributed by atoms with Crippen molar-refractivity contribution in [3.05, 3.63) is 64.1 Å². The Morgan fingerprint density at radius 3 is 2.54 bits per heavy atom. The number of fused-ring (bicyclic) bond motifs is 4. The van der Waals surface area contributed by atoms with E-state index in [1.165, 1.54) is 6.92 Å². The van der Waals surface area contributed by atoms with Gasteiger partial charge in [-0.25, -0.2) is 4.79 Å². The molecule has 1 aromatic carbocycles. The number of piperidine rings is 1. The summed E-state index contributed by atoms with van der Waals surface area (Å²) in [5.74, 6) is 0.495. The van der Waals surface area contributed by atoms with Gasteiger partial charge in [-0.1, -0.05) is 6.07 Å². The Hall–Kier alpha value is -2.89. The van der Waals surface area contributed by atoms with Gasteiger partial charge in [-0.3, -0.25) is 9.59 Å². The van der Waals surface area contributed by atoms with Crippen LogP contribution >= 0.6 is 0 Å². The first-order valence-electron chi connectivity index (χ1n) is 8.88. The molecule has 2 amide bonds. The number of pyridine rings is 1. The lowest BCUT2D eigenvalue weighted by Gasteiger charge is -2.42. The monoisotopic (exact) mass is 351 g/mol. The molecule has 0 unspecified atom stereocenters. The summed E-state index contributed by atoms with van der Waals surface area (Å²) in [6.45, 7) is 3.44. The van der Waals surface area contributed by atoms with Crippen molar-refractivity contribution in [2.45, 2.75) is 25.8 Å². The third kappa shape index (κ3) is 3.03. The van der Waals surface area contributed by atoms with Crippen LogP contribution < -0.4 is 10.9 Å². The Morgan fingerprint density at radius 2 is 1.81 bits per heavy atom. The van der Waals surface area contributed by atoms with E-state index >= 15 is 0 Å². The zero-order valence-electron chi connectivity index (χ0n) is 14.6. The van der Waals surface area contributed by atoms with Gasteiger partial charge in [0.1, 0.15) is 0 Å². The van der Waals surface area contributed by atoms with Crippen molar-refractivity contribution in [2.24, 2.45) is 5.92 Å². The Labute approximate surface area is 151 Å². The number of ketones is 1. The first-order chi connectivity index (χ1) is 12.5. The van der Waals surface area contributed by atoms with Crippen LogP contribution in [-0.4, -0.2) is 34.4 Å². The first-order valence-corrected chi connectivity index (χ1v) is 8.88. The molecule has 1 N–H and O–H groups in total. The lowest BCUT2D eigenvalue weighted by molar-refractivity contribution is 0.101. The van der Waals surface area contributed by atoms with E-state index in [4.69, 9.17) is 0 Å². The second-order valence-electron chi connectivity index (χ2n) is 7.17. The van der Waals surface area contributed by atoms with Crippen molar-refractivity contribution in [3.63, 3.8) is 0 Å². The van der Waals surface area contributed by atoms with Crippen LogP contribution in [-0.2, 0) is 6.54 Å². The molecule has 2 bridgehead atoms. The number of carbonyl (C=O) groups excluding carboxylic acids is 2. The first kappa shape index (κ1) is 16.6. The van der Waals surface area contributed by atoms with Gasteiger partial charge in [-0.2, -0.15) is 0 Å². The van der Waals surface area contributed by atoms with E-state index in [9.17, 15) is 14.4 Å². The van der Waals surface area contributed by atoms with Gasteiger partial charge < -0.3 is 14.8 Å². The van der Waals surface area contributed by atoms with Gasteiger partial charge in [-0.15, -0.1) is 0 Å². The van der Waals surface area contributed by atoms with Crippen LogP contribution in [0.5, 0.6) is 0 Å². The number of nitrogens with zero attached hydrogens (tertiary/aromatic N) is 2. The van der Waals surface area contributed by atoms with E-state index in [1.54, 1.807) is 36.4 Å². The fourth-order valence-corrected chi connectivity index (χ4v) is 4.05. The molecule has 0 aliphatic carbocycles. The van der Waals surface area contributed by atoms with Crippen LogP contribution in [0.25, 0.3) is 0 Å². The Balaban J connectivity index is 1.49.